The van der Waals surface area contributed by atoms with E-state index >= 15 is 0 Å². The molecule has 0 aromatic heterocycles. The van der Waals surface area contributed by atoms with Gasteiger partial charge in [0.25, 0.3) is 5.92 Å². The molecule has 1 spiro atoms. The lowest BCUT2D eigenvalue weighted by atomic mass is 9.91. The molecular formula is C12H19F2NO. The van der Waals surface area contributed by atoms with Crippen molar-refractivity contribution in [2.75, 3.05) is 19.7 Å². The number of hydrogen-bond acceptors (Lipinski definition) is 2. The second-order valence-corrected chi connectivity index (χ2v) is 5.41. The third kappa shape index (κ3) is 1.35. The molecule has 2 aliphatic heterocycles. The Balaban J connectivity index is 1.78. The quantitative estimate of drug-likeness (QED) is 0.747. The van der Waals surface area contributed by atoms with Crippen molar-refractivity contribution in [1.29, 1.82) is 0 Å². The van der Waals surface area contributed by atoms with Gasteiger partial charge >= 0.3 is 0 Å². The highest BCUT2D eigenvalue weighted by Gasteiger charge is 2.81. The van der Waals surface area contributed by atoms with Crippen molar-refractivity contribution in [3.05, 3.63) is 0 Å². The molecule has 0 radical (unpaired) electrons. The molecular weight excluding hydrogens is 212 g/mol. The van der Waals surface area contributed by atoms with E-state index < -0.39 is 17.3 Å². The lowest BCUT2D eigenvalue weighted by Crippen LogP contribution is -2.18. The Bertz CT molecular complexity index is 268. The van der Waals surface area contributed by atoms with Crippen LogP contribution in [0.3, 0.4) is 0 Å². The van der Waals surface area contributed by atoms with Crippen molar-refractivity contribution in [3.8, 4) is 0 Å². The highest BCUT2D eigenvalue weighted by Crippen LogP contribution is 2.72. The van der Waals surface area contributed by atoms with Crippen LogP contribution in [0.2, 0.25) is 0 Å². The molecule has 3 atom stereocenters. The number of ether oxygens (including phenoxy) is 1. The van der Waals surface area contributed by atoms with E-state index in [1.165, 1.54) is 0 Å². The first-order valence-electron chi connectivity index (χ1n) is 6.39. The number of alkyl halides is 2. The van der Waals surface area contributed by atoms with Gasteiger partial charge in [0.05, 0.1) is 12.0 Å². The van der Waals surface area contributed by atoms with Crippen LogP contribution in [0.5, 0.6) is 0 Å². The van der Waals surface area contributed by atoms with E-state index in [1.54, 1.807) is 0 Å². The molecule has 2 saturated heterocycles. The van der Waals surface area contributed by atoms with Gasteiger partial charge in [-0.1, -0.05) is 0 Å². The van der Waals surface area contributed by atoms with Crippen LogP contribution in [0.15, 0.2) is 0 Å². The van der Waals surface area contributed by atoms with Crippen LogP contribution in [0.1, 0.15) is 32.1 Å². The highest BCUT2D eigenvalue weighted by molar-refractivity contribution is 5.21. The standard InChI is InChI=1S/C12H19F2NO/c13-12(14)10(9-3-1-8-16-9)11(12)4-2-6-15-7-5-11/h9-10,15H,1-8H2. The van der Waals surface area contributed by atoms with Crippen molar-refractivity contribution >= 4 is 0 Å². The summed E-state index contributed by atoms with van der Waals surface area (Å²) in [6.45, 7) is 2.29. The third-order valence-electron chi connectivity index (χ3n) is 4.63. The van der Waals surface area contributed by atoms with Crippen LogP contribution in [-0.4, -0.2) is 31.7 Å². The fraction of sp³-hybridized carbons (Fsp3) is 1.00. The number of hydrogen-bond donors (Lipinski definition) is 1. The lowest BCUT2D eigenvalue weighted by molar-refractivity contribution is 0.0243. The van der Waals surface area contributed by atoms with Gasteiger partial charge in [0, 0.05) is 12.0 Å². The molecule has 3 fully saturated rings. The maximum Gasteiger partial charge on any atom is 0.260 e. The highest BCUT2D eigenvalue weighted by atomic mass is 19.3. The zero-order chi connectivity index (χ0) is 11.2. The van der Waals surface area contributed by atoms with Crippen molar-refractivity contribution < 1.29 is 13.5 Å². The van der Waals surface area contributed by atoms with Crippen molar-refractivity contribution in [2.45, 2.75) is 44.1 Å². The van der Waals surface area contributed by atoms with Gasteiger partial charge in [-0.2, -0.15) is 0 Å². The predicted octanol–water partition coefficient (Wildman–Crippen LogP) is 2.19. The summed E-state index contributed by atoms with van der Waals surface area (Å²) in [5.41, 5.74) is -0.731. The molecule has 1 N–H and O–H groups in total. The molecule has 92 valence electrons. The molecule has 3 aliphatic rings. The monoisotopic (exact) mass is 231 g/mol. The molecule has 2 heterocycles. The van der Waals surface area contributed by atoms with Gasteiger partial charge in [0.1, 0.15) is 0 Å². The molecule has 0 aromatic carbocycles. The molecule has 2 nitrogen and oxygen atoms in total. The molecule has 0 amide bonds. The zero-order valence-electron chi connectivity index (χ0n) is 9.48. The first kappa shape index (κ1) is 10.9. The summed E-state index contributed by atoms with van der Waals surface area (Å²) < 4.78 is 33.6. The van der Waals surface area contributed by atoms with Gasteiger partial charge in [-0.3, -0.25) is 0 Å². The minimum atomic E-state index is -2.48. The van der Waals surface area contributed by atoms with Gasteiger partial charge in [0.2, 0.25) is 0 Å². The van der Waals surface area contributed by atoms with Crippen molar-refractivity contribution in [2.24, 2.45) is 11.3 Å². The number of rotatable bonds is 1. The fourth-order valence-corrected chi connectivity index (χ4v) is 3.73. The summed E-state index contributed by atoms with van der Waals surface area (Å²) in [4.78, 5) is 0. The Morgan fingerprint density at radius 3 is 2.75 bits per heavy atom. The molecule has 0 bridgehead atoms. The fourth-order valence-electron chi connectivity index (χ4n) is 3.73. The van der Waals surface area contributed by atoms with Crippen LogP contribution in [0.4, 0.5) is 8.78 Å². The Morgan fingerprint density at radius 1 is 1.12 bits per heavy atom. The summed E-state index contributed by atoms with van der Waals surface area (Å²) in [6, 6.07) is 0. The summed E-state index contributed by atoms with van der Waals surface area (Å²) in [7, 11) is 0. The van der Waals surface area contributed by atoms with Crippen LogP contribution in [0, 0.1) is 11.3 Å². The molecule has 4 heteroatoms. The number of halogens is 2. The molecule has 3 rings (SSSR count). The second-order valence-electron chi connectivity index (χ2n) is 5.41. The van der Waals surface area contributed by atoms with Gasteiger partial charge in [-0.15, -0.1) is 0 Å². The molecule has 16 heavy (non-hydrogen) atoms. The van der Waals surface area contributed by atoms with E-state index in [-0.39, 0.29) is 6.10 Å². The first-order chi connectivity index (χ1) is 7.68. The Labute approximate surface area is 94.7 Å². The summed E-state index contributed by atoms with van der Waals surface area (Å²) in [5.74, 6) is -2.98. The first-order valence-corrected chi connectivity index (χ1v) is 6.39. The summed E-state index contributed by atoms with van der Waals surface area (Å²) >= 11 is 0. The average molecular weight is 231 g/mol. The summed E-state index contributed by atoms with van der Waals surface area (Å²) in [6.07, 6.45) is 3.76. The molecule has 3 unspecified atom stereocenters. The van der Waals surface area contributed by atoms with E-state index in [9.17, 15) is 8.78 Å². The topological polar surface area (TPSA) is 21.3 Å². The molecule has 1 aliphatic carbocycles. The number of nitrogens with one attached hydrogen (secondary N) is 1. The van der Waals surface area contributed by atoms with Crippen LogP contribution in [0.25, 0.3) is 0 Å². The maximum atomic E-state index is 14.1. The van der Waals surface area contributed by atoms with E-state index in [4.69, 9.17) is 4.74 Å². The smallest absolute Gasteiger partial charge is 0.260 e. The lowest BCUT2D eigenvalue weighted by Gasteiger charge is -2.14. The van der Waals surface area contributed by atoms with E-state index in [0.29, 0.717) is 19.4 Å². The van der Waals surface area contributed by atoms with Crippen LogP contribution >= 0.6 is 0 Å². The Hall–Kier alpha value is -0.220. The van der Waals surface area contributed by atoms with Gasteiger partial charge in [-0.05, 0) is 45.2 Å². The third-order valence-corrected chi connectivity index (χ3v) is 4.63. The minimum absolute atomic E-state index is 0.173. The molecule has 0 aromatic rings. The summed E-state index contributed by atoms with van der Waals surface area (Å²) in [5, 5.41) is 3.22. The van der Waals surface area contributed by atoms with E-state index in [1.807, 2.05) is 0 Å². The Kier molecular flexibility index (Phi) is 2.48. The Morgan fingerprint density at radius 2 is 2.00 bits per heavy atom. The largest absolute Gasteiger partial charge is 0.378 e. The molecule has 1 saturated carbocycles. The van der Waals surface area contributed by atoms with Crippen LogP contribution < -0.4 is 5.32 Å². The van der Waals surface area contributed by atoms with E-state index in [2.05, 4.69) is 5.32 Å². The van der Waals surface area contributed by atoms with Gasteiger partial charge < -0.3 is 10.1 Å². The van der Waals surface area contributed by atoms with E-state index in [0.717, 1.165) is 32.4 Å². The average Bonchev–Trinajstić information content (AvgIpc) is 2.56. The minimum Gasteiger partial charge on any atom is -0.378 e. The predicted molar refractivity (Wildman–Crippen MR) is 56.6 cm³/mol. The van der Waals surface area contributed by atoms with Gasteiger partial charge in [0.15, 0.2) is 0 Å². The zero-order valence-corrected chi connectivity index (χ0v) is 9.48. The maximum absolute atomic E-state index is 14.1. The van der Waals surface area contributed by atoms with Gasteiger partial charge in [-0.25, -0.2) is 8.78 Å². The van der Waals surface area contributed by atoms with Crippen molar-refractivity contribution in [3.63, 3.8) is 0 Å². The van der Waals surface area contributed by atoms with Crippen LogP contribution in [-0.2, 0) is 4.74 Å². The van der Waals surface area contributed by atoms with Crippen molar-refractivity contribution in [1.82, 2.24) is 5.32 Å². The SMILES string of the molecule is FC1(F)C(C2CCCO2)C12CCCNCC2. The second kappa shape index (κ2) is 3.64. The normalized spacial score (nSPS) is 46.9.